The minimum Gasteiger partial charge on any atom is -0.389 e. The van der Waals surface area contributed by atoms with Crippen LogP contribution in [0, 0.1) is 5.82 Å². The van der Waals surface area contributed by atoms with Gasteiger partial charge in [-0.25, -0.2) is 27.5 Å². The van der Waals surface area contributed by atoms with Crippen molar-refractivity contribution in [2.75, 3.05) is 63.4 Å². The largest absolute Gasteiger partial charge is 0.419 e. The average molecular weight is 906 g/mol. The van der Waals surface area contributed by atoms with E-state index in [0.29, 0.717) is 11.9 Å². The van der Waals surface area contributed by atoms with Crippen molar-refractivity contribution < 1.29 is 64.5 Å². The summed E-state index contributed by atoms with van der Waals surface area (Å²) < 4.78 is 102. The number of imide groups is 2. The van der Waals surface area contributed by atoms with E-state index < -0.39 is 79.4 Å². The Balaban J connectivity index is 0.874. The molecule has 5 N–H and O–H groups in total. The molecule has 1 atom stereocenters. The monoisotopic (exact) mass is 905 g/mol. The summed E-state index contributed by atoms with van der Waals surface area (Å²) in [5.41, 5.74) is -2.58. The van der Waals surface area contributed by atoms with Crippen molar-refractivity contribution in [3.63, 3.8) is 0 Å². The number of ether oxygens (including phenoxy) is 3. The zero-order valence-electron chi connectivity index (χ0n) is 33.8. The predicted molar refractivity (Wildman–Crippen MR) is 213 cm³/mol. The molecule has 0 bridgehead atoms. The zero-order valence-corrected chi connectivity index (χ0v) is 34.6. The highest BCUT2D eigenvalue weighted by molar-refractivity contribution is 7.89. The predicted octanol–water partition coefficient (Wildman–Crippen LogP) is 2.85. The molecule has 1 saturated heterocycles. The van der Waals surface area contributed by atoms with Crippen molar-refractivity contribution in [3.05, 3.63) is 77.5 Å². The van der Waals surface area contributed by atoms with Crippen molar-refractivity contribution >= 4 is 51.0 Å². The smallest absolute Gasteiger partial charge is 0.389 e. The van der Waals surface area contributed by atoms with Gasteiger partial charge in [0.05, 0.1) is 85.4 Å². The third-order valence-corrected chi connectivity index (χ3v) is 10.8. The lowest BCUT2D eigenvalue weighted by Gasteiger charge is -2.27. The molecule has 0 aliphatic carbocycles. The topological polar surface area (TPSA) is 245 Å². The molecule has 0 saturated carbocycles. The van der Waals surface area contributed by atoms with Crippen LogP contribution in [0.15, 0.2) is 59.9 Å². The molecule has 63 heavy (non-hydrogen) atoms. The number of aliphatic hydroxyl groups is 1. The lowest BCUT2D eigenvalue weighted by atomic mass is 10.0. The lowest BCUT2D eigenvalue weighted by Crippen LogP contribution is -2.54. The van der Waals surface area contributed by atoms with Gasteiger partial charge in [-0.2, -0.15) is 18.3 Å². The number of hydrogen-bond acceptors (Lipinski definition) is 15. The number of amides is 4. The molecule has 338 valence electrons. The fourth-order valence-corrected chi connectivity index (χ4v) is 7.54. The summed E-state index contributed by atoms with van der Waals surface area (Å²) in [5.74, 6) is -3.85. The van der Waals surface area contributed by atoms with Crippen LogP contribution in [-0.2, 0) is 46.5 Å². The van der Waals surface area contributed by atoms with Crippen molar-refractivity contribution in [1.29, 1.82) is 0 Å². The second kappa shape index (κ2) is 19.6. The number of halogens is 4. The van der Waals surface area contributed by atoms with Crippen LogP contribution in [0.2, 0.25) is 0 Å². The number of aromatic nitrogens is 4. The normalized spacial score (nSPS) is 15.8. The van der Waals surface area contributed by atoms with Gasteiger partial charge in [-0.15, -0.1) is 0 Å². The summed E-state index contributed by atoms with van der Waals surface area (Å²) in [6.45, 7) is 4.01. The molecule has 24 heteroatoms. The van der Waals surface area contributed by atoms with E-state index in [1.807, 2.05) is 0 Å². The van der Waals surface area contributed by atoms with Crippen LogP contribution in [0.4, 0.5) is 34.9 Å². The number of carbonyl (C=O) groups excluding carboxylic acids is 4. The Labute approximate surface area is 357 Å². The maximum absolute atomic E-state index is 15.1. The molecule has 6 rings (SSSR count). The number of anilines is 3. The fraction of sp³-hybridized carbons (Fsp3) is 0.410. The van der Waals surface area contributed by atoms with Crippen molar-refractivity contribution in [2.45, 2.75) is 55.9 Å². The Kier molecular flexibility index (Phi) is 14.5. The summed E-state index contributed by atoms with van der Waals surface area (Å²) in [5, 5.41) is 21.7. The summed E-state index contributed by atoms with van der Waals surface area (Å²) in [6, 6.07) is 6.54. The molecular formula is C39H43F4N9O10S. The number of nitrogens with zero attached hydrogens (tertiary/aromatic N) is 5. The number of nitrogens with one attached hydrogen (secondary N) is 4. The Morgan fingerprint density at radius 2 is 1.62 bits per heavy atom. The van der Waals surface area contributed by atoms with Gasteiger partial charge in [-0.1, -0.05) is 6.07 Å². The number of sulfonamides is 1. The van der Waals surface area contributed by atoms with Crippen molar-refractivity contribution in [2.24, 2.45) is 0 Å². The number of alkyl halides is 3. The third-order valence-electron chi connectivity index (χ3n) is 9.36. The summed E-state index contributed by atoms with van der Waals surface area (Å²) in [6.07, 6.45) is -1.84. The van der Waals surface area contributed by atoms with Crippen molar-refractivity contribution in [3.8, 4) is 11.3 Å². The maximum Gasteiger partial charge on any atom is 0.419 e. The molecule has 4 aromatic rings. The van der Waals surface area contributed by atoms with Gasteiger partial charge < -0.3 is 30.0 Å². The molecule has 2 aliphatic rings. The Morgan fingerprint density at radius 3 is 2.29 bits per heavy atom. The first-order valence-electron chi connectivity index (χ1n) is 19.4. The van der Waals surface area contributed by atoms with E-state index in [9.17, 15) is 45.9 Å². The van der Waals surface area contributed by atoms with Crippen LogP contribution in [0.1, 0.15) is 53.0 Å². The summed E-state index contributed by atoms with van der Waals surface area (Å²) in [7, 11) is -4.19. The second-order valence-electron chi connectivity index (χ2n) is 14.8. The van der Waals surface area contributed by atoms with Crippen molar-refractivity contribution in [1.82, 2.24) is 34.7 Å². The molecular weight excluding hydrogens is 863 g/mol. The quantitative estimate of drug-likeness (QED) is 0.0459. The SMILES string of the molecule is CC(C)(O)Cn1cc(-c2nc(Nc3ccc(S(=O)(=O)NCCOCCOCCOCCNc4cccc5c4C(=O)N(C4CCC(=O)NC4=O)C5=O)cc3F)ncc2C(F)(F)F)cn1. The average Bonchev–Trinajstić information content (AvgIpc) is 3.77. The van der Waals surface area contributed by atoms with Crippen LogP contribution in [0.25, 0.3) is 11.3 Å². The van der Waals surface area contributed by atoms with Crippen LogP contribution in [0.5, 0.6) is 0 Å². The molecule has 4 amide bonds. The first kappa shape index (κ1) is 46.6. The first-order chi connectivity index (χ1) is 29.8. The number of rotatable bonds is 21. The van der Waals surface area contributed by atoms with Crippen LogP contribution in [0.3, 0.4) is 0 Å². The van der Waals surface area contributed by atoms with Gasteiger partial charge in [0, 0.05) is 43.2 Å². The van der Waals surface area contributed by atoms with E-state index in [1.165, 1.54) is 30.8 Å². The molecule has 2 aromatic heterocycles. The van der Waals surface area contributed by atoms with Gasteiger partial charge in [0.1, 0.15) is 17.4 Å². The van der Waals surface area contributed by atoms with Gasteiger partial charge in [-0.3, -0.25) is 34.1 Å². The fourth-order valence-electron chi connectivity index (χ4n) is 6.52. The van der Waals surface area contributed by atoms with E-state index in [2.05, 4.69) is 35.7 Å². The zero-order chi connectivity index (χ0) is 45.5. The number of carbonyl (C=O) groups is 4. The number of hydrogen-bond donors (Lipinski definition) is 5. The molecule has 0 spiro atoms. The van der Waals surface area contributed by atoms with E-state index in [1.54, 1.807) is 12.1 Å². The highest BCUT2D eigenvalue weighted by atomic mass is 32.2. The van der Waals surface area contributed by atoms with E-state index >= 15 is 4.39 Å². The Bertz CT molecular complexity index is 2460. The molecule has 1 fully saturated rings. The van der Waals surface area contributed by atoms with Gasteiger partial charge in [0.2, 0.25) is 27.8 Å². The highest BCUT2D eigenvalue weighted by Gasteiger charge is 2.45. The van der Waals surface area contributed by atoms with Crippen LogP contribution < -0.4 is 20.7 Å². The van der Waals surface area contributed by atoms with E-state index in [0.717, 1.165) is 29.3 Å². The first-order valence-corrected chi connectivity index (χ1v) is 20.9. The molecule has 0 radical (unpaired) electrons. The summed E-state index contributed by atoms with van der Waals surface area (Å²) >= 11 is 0. The van der Waals surface area contributed by atoms with Gasteiger partial charge in [0.25, 0.3) is 11.8 Å². The van der Waals surface area contributed by atoms with Gasteiger partial charge in [0.15, 0.2) is 0 Å². The molecule has 2 aliphatic heterocycles. The minimum atomic E-state index is -4.84. The Morgan fingerprint density at radius 1 is 0.921 bits per heavy atom. The maximum atomic E-state index is 15.1. The molecule has 19 nitrogen and oxygen atoms in total. The minimum absolute atomic E-state index is 0.0153. The molecule has 4 heterocycles. The van der Waals surface area contributed by atoms with Gasteiger partial charge in [-0.05, 0) is 50.6 Å². The summed E-state index contributed by atoms with van der Waals surface area (Å²) in [4.78, 5) is 58.1. The standard InChI is InChI=1S/C39H43F4N9O10S/c1-38(2,57)22-51-21-23(19-46-51)33-26(39(41,42)43)20-45-37(50-33)48-28-7-6-24(18-27(28)40)63(58,59)47-11-13-61-15-17-62-16-14-60-12-10-44-29-5-3-4-25-32(29)36(56)52(35(25)55)30-8-9-31(53)49-34(30)54/h3-7,18-21,30,44,47,57H,8-17,22H2,1-2H3,(H,45,48,50)(H,49,53,54). The van der Waals surface area contributed by atoms with Crippen LogP contribution in [-0.4, -0.2) is 126 Å². The van der Waals surface area contributed by atoms with E-state index in [4.69, 9.17) is 14.2 Å². The number of benzene rings is 2. The lowest BCUT2D eigenvalue weighted by molar-refractivity contribution is -0.138. The van der Waals surface area contributed by atoms with Crippen LogP contribution >= 0.6 is 0 Å². The second-order valence-corrected chi connectivity index (χ2v) is 16.6. The van der Waals surface area contributed by atoms with E-state index in [-0.39, 0.29) is 94.5 Å². The van der Waals surface area contributed by atoms with Gasteiger partial charge >= 0.3 is 6.18 Å². The molecule has 2 aromatic carbocycles. The Hall–Kier alpha value is -5.92. The number of piperidine rings is 1. The number of fused-ring (bicyclic) bond motifs is 1. The third kappa shape index (κ3) is 11.8. The highest BCUT2D eigenvalue weighted by Crippen LogP contribution is 2.37. The molecule has 1 unspecified atom stereocenters.